The largest absolute Gasteiger partial charge is 0.494 e. The highest BCUT2D eigenvalue weighted by Gasteiger charge is 2.26. The molecule has 5 nitrogen and oxygen atoms in total. The number of halogens is 1. The Bertz CT molecular complexity index is 476. The van der Waals surface area contributed by atoms with Crippen LogP contribution < -0.4 is 10.1 Å². The van der Waals surface area contributed by atoms with Crippen LogP contribution in [0.2, 0.25) is 0 Å². The lowest BCUT2D eigenvalue weighted by atomic mass is 10.1. The van der Waals surface area contributed by atoms with E-state index in [1.165, 1.54) is 0 Å². The molecule has 1 unspecified atom stereocenters. The van der Waals surface area contributed by atoms with Crippen LogP contribution in [0.4, 0.5) is 0 Å². The zero-order valence-electron chi connectivity index (χ0n) is 14.6. The molecule has 1 aliphatic heterocycles. The number of nitrogens with zero attached hydrogens (tertiary/aromatic N) is 1. The number of hydrogen-bond donors (Lipinski definition) is 1. The third-order valence-corrected chi connectivity index (χ3v) is 4.06. The Kier molecular flexibility index (Phi) is 9.76. The number of carbonyl (C=O) groups excluding carboxylic acids is 1. The summed E-state index contributed by atoms with van der Waals surface area (Å²) in [4.78, 5) is 14.8. The maximum atomic E-state index is 12.8. The summed E-state index contributed by atoms with van der Waals surface area (Å²) in [5.74, 6) is 0.911. The Balaban J connectivity index is 0.00000288. The minimum absolute atomic E-state index is 0. The second-order valence-corrected chi connectivity index (χ2v) is 5.86. The molecule has 0 spiro atoms. The highest BCUT2D eigenvalue weighted by Crippen LogP contribution is 2.17. The molecule has 6 heteroatoms. The lowest BCUT2D eigenvalue weighted by Gasteiger charge is -2.28. The fraction of sp³-hybridized carbons (Fsp3) is 0.611. The van der Waals surface area contributed by atoms with Gasteiger partial charge in [0.1, 0.15) is 5.75 Å². The van der Waals surface area contributed by atoms with Gasteiger partial charge in [-0.2, -0.15) is 0 Å². The first-order valence-electron chi connectivity index (χ1n) is 8.49. The molecule has 0 bridgehead atoms. The third-order valence-electron chi connectivity index (χ3n) is 4.06. The van der Waals surface area contributed by atoms with Gasteiger partial charge in [0.2, 0.25) is 0 Å². The Morgan fingerprint density at radius 2 is 2.04 bits per heavy atom. The summed E-state index contributed by atoms with van der Waals surface area (Å²) in [6, 6.07) is 7.78. The fourth-order valence-electron chi connectivity index (χ4n) is 2.85. The van der Waals surface area contributed by atoms with E-state index in [2.05, 4.69) is 12.2 Å². The predicted molar refractivity (Wildman–Crippen MR) is 98.3 cm³/mol. The summed E-state index contributed by atoms with van der Waals surface area (Å²) in [5, 5.41) is 3.34. The average molecular weight is 357 g/mol. The molecule has 1 aromatic rings. The Morgan fingerprint density at radius 1 is 1.29 bits per heavy atom. The molecule has 1 fully saturated rings. The van der Waals surface area contributed by atoms with E-state index < -0.39 is 0 Å². The summed E-state index contributed by atoms with van der Waals surface area (Å²) >= 11 is 0. The van der Waals surface area contributed by atoms with E-state index in [1.807, 2.05) is 29.2 Å². The van der Waals surface area contributed by atoms with Gasteiger partial charge in [-0.1, -0.05) is 6.92 Å². The van der Waals surface area contributed by atoms with Gasteiger partial charge < -0.3 is 19.7 Å². The summed E-state index contributed by atoms with van der Waals surface area (Å²) in [7, 11) is 1.68. The van der Waals surface area contributed by atoms with Crippen molar-refractivity contribution < 1.29 is 14.3 Å². The molecule has 1 aromatic carbocycles. The first-order valence-corrected chi connectivity index (χ1v) is 8.49. The van der Waals surface area contributed by atoms with Crippen LogP contribution in [0.5, 0.6) is 5.75 Å². The van der Waals surface area contributed by atoms with Gasteiger partial charge in [-0.15, -0.1) is 12.4 Å². The molecule has 2 rings (SSSR count). The van der Waals surface area contributed by atoms with Gasteiger partial charge in [0, 0.05) is 44.8 Å². The van der Waals surface area contributed by atoms with Crippen LogP contribution in [0.1, 0.15) is 36.5 Å². The Labute approximate surface area is 151 Å². The molecule has 136 valence electrons. The quantitative estimate of drug-likeness (QED) is 0.691. The highest BCUT2D eigenvalue weighted by molar-refractivity contribution is 5.94. The van der Waals surface area contributed by atoms with Crippen LogP contribution >= 0.6 is 12.4 Å². The van der Waals surface area contributed by atoms with Crippen molar-refractivity contribution in [2.75, 3.05) is 40.0 Å². The van der Waals surface area contributed by atoms with E-state index in [-0.39, 0.29) is 18.3 Å². The van der Waals surface area contributed by atoms with E-state index >= 15 is 0 Å². The van der Waals surface area contributed by atoms with Crippen molar-refractivity contribution in [2.45, 2.75) is 32.2 Å². The molecule has 1 atom stereocenters. The van der Waals surface area contributed by atoms with Crippen molar-refractivity contribution in [3.05, 3.63) is 29.8 Å². The van der Waals surface area contributed by atoms with Crippen LogP contribution in [0.25, 0.3) is 0 Å². The van der Waals surface area contributed by atoms with Gasteiger partial charge in [0.05, 0.1) is 6.61 Å². The van der Waals surface area contributed by atoms with E-state index in [4.69, 9.17) is 9.47 Å². The van der Waals surface area contributed by atoms with E-state index in [9.17, 15) is 4.79 Å². The van der Waals surface area contributed by atoms with Crippen molar-refractivity contribution in [1.29, 1.82) is 0 Å². The van der Waals surface area contributed by atoms with Crippen LogP contribution in [0.3, 0.4) is 0 Å². The second-order valence-electron chi connectivity index (χ2n) is 5.86. The zero-order valence-corrected chi connectivity index (χ0v) is 15.4. The molecular weight excluding hydrogens is 328 g/mol. The molecule has 1 aliphatic rings. The van der Waals surface area contributed by atoms with E-state index in [0.717, 1.165) is 50.2 Å². The van der Waals surface area contributed by atoms with Gasteiger partial charge in [-0.3, -0.25) is 4.79 Å². The molecule has 0 aromatic heterocycles. The minimum Gasteiger partial charge on any atom is -0.494 e. The maximum absolute atomic E-state index is 12.8. The minimum atomic E-state index is 0. The van der Waals surface area contributed by atoms with Crippen LogP contribution in [0, 0.1) is 0 Å². The van der Waals surface area contributed by atoms with Gasteiger partial charge in [-0.05, 0) is 43.7 Å². The third kappa shape index (κ3) is 5.96. The van der Waals surface area contributed by atoms with Crippen molar-refractivity contribution >= 4 is 18.3 Å². The molecule has 1 N–H and O–H groups in total. The monoisotopic (exact) mass is 356 g/mol. The lowest BCUT2D eigenvalue weighted by Crippen LogP contribution is -2.42. The standard InChI is InChI=1S/C18H28N2O3.ClH/c1-3-11-20(16-9-10-19-14-16)18(21)15-5-7-17(8-6-15)23-13-4-12-22-2;/h5-8,16,19H,3-4,9-14H2,1-2H3;1H. The Morgan fingerprint density at radius 3 is 2.62 bits per heavy atom. The first kappa shape index (κ1) is 20.7. The molecule has 0 aliphatic carbocycles. The molecule has 1 heterocycles. The van der Waals surface area contributed by atoms with Crippen molar-refractivity contribution in [2.24, 2.45) is 0 Å². The smallest absolute Gasteiger partial charge is 0.254 e. The number of amides is 1. The summed E-state index contributed by atoms with van der Waals surface area (Å²) in [6.45, 7) is 6.12. The summed E-state index contributed by atoms with van der Waals surface area (Å²) in [5.41, 5.74) is 0.731. The van der Waals surface area contributed by atoms with Crippen LogP contribution in [0.15, 0.2) is 24.3 Å². The van der Waals surface area contributed by atoms with Gasteiger partial charge in [-0.25, -0.2) is 0 Å². The van der Waals surface area contributed by atoms with Crippen molar-refractivity contribution in [1.82, 2.24) is 10.2 Å². The molecule has 1 saturated heterocycles. The van der Waals surface area contributed by atoms with Gasteiger partial charge >= 0.3 is 0 Å². The second kappa shape index (κ2) is 11.3. The summed E-state index contributed by atoms with van der Waals surface area (Å²) in [6.07, 6.45) is 2.87. The fourth-order valence-corrected chi connectivity index (χ4v) is 2.85. The molecule has 24 heavy (non-hydrogen) atoms. The van der Waals surface area contributed by atoms with Gasteiger partial charge in [0.15, 0.2) is 0 Å². The molecule has 1 amide bonds. The normalized spacial score (nSPS) is 16.5. The number of nitrogens with one attached hydrogen (secondary N) is 1. The van der Waals surface area contributed by atoms with Crippen molar-refractivity contribution in [3.8, 4) is 5.75 Å². The number of carbonyl (C=O) groups is 1. The Hall–Kier alpha value is -1.30. The molecule has 0 radical (unpaired) electrons. The SMILES string of the molecule is CCCN(C(=O)c1ccc(OCCCOC)cc1)C1CCNC1.Cl. The number of hydrogen-bond acceptors (Lipinski definition) is 4. The van der Waals surface area contributed by atoms with E-state index in [1.54, 1.807) is 7.11 Å². The van der Waals surface area contributed by atoms with E-state index in [0.29, 0.717) is 19.3 Å². The number of benzene rings is 1. The summed E-state index contributed by atoms with van der Waals surface area (Å²) < 4.78 is 10.6. The van der Waals surface area contributed by atoms with Crippen LogP contribution in [-0.2, 0) is 4.74 Å². The molecular formula is C18H29ClN2O3. The predicted octanol–water partition coefficient (Wildman–Crippen LogP) is 2.74. The lowest BCUT2D eigenvalue weighted by molar-refractivity contribution is 0.0692. The number of rotatable bonds is 9. The average Bonchev–Trinajstić information content (AvgIpc) is 3.11. The first-order chi connectivity index (χ1) is 11.3. The van der Waals surface area contributed by atoms with Crippen LogP contribution in [-0.4, -0.2) is 56.8 Å². The van der Waals surface area contributed by atoms with Gasteiger partial charge in [0.25, 0.3) is 5.91 Å². The molecule has 0 saturated carbocycles. The van der Waals surface area contributed by atoms with Crippen molar-refractivity contribution in [3.63, 3.8) is 0 Å². The highest BCUT2D eigenvalue weighted by atomic mass is 35.5. The maximum Gasteiger partial charge on any atom is 0.254 e. The number of ether oxygens (including phenoxy) is 2. The number of methoxy groups -OCH3 is 1. The zero-order chi connectivity index (χ0) is 16.5. The topological polar surface area (TPSA) is 50.8 Å².